The maximum Gasteiger partial charge on any atom is 0.335 e. The van der Waals surface area contributed by atoms with Gasteiger partial charge < -0.3 is 9.47 Å². The molecule has 4 amide bonds. The minimum atomic E-state index is -0.851. The zero-order valence-corrected chi connectivity index (χ0v) is 19.5. The van der Waals surface area contributed by atoms with Crippen molar-refractivity contribution < 1.29 is 23.9 Å². The Balaban J connectivity index is 2.07. The zero-order chi connectivity index (χ0) is 23.6. The summed E-state index contributed by atoms with van der Waals surface area (Å²) in [5.74, 6) is -0.840. The van der Waals surface area contributed by atoms with Crippen LogP contribution in [0.1, 0.15) is 31.9 Å². The highest BCUT2D eigenvalue weighted by molar-refractivity contribution is 6.40. The van der Waals surface area contributed by atoms with Crippen molar-refractivity contribution in [1.82, 2.24) is 5.32 Å². The van der Waals surface area contributed by atoms with Gasteiger partial charge in [0.15, 0.2) is 11.5 Å². The van der Waals surface area contributed by atoms with E-state index in [-0.39, 0.29) is 22.4 Å². The first-order valence-corrected chi connectivity index (χ1v) is 10.7. The number of rotatable bonds is 6. The van der Waals surface area contributed by atoms with E-state index in [2.05, 4.69) is 5.32 Å². The van der Waals surface area contributed by atoms with E-state index < -0.39 is 17.8 Å². The van der Waals surface area contributed by atoms with Gasteiger partial charge in [-0.15, -0.1) is 0 Å². The average molecular weight is 477 g/mol. The molecule has 2 aromatic rings. The fraction of sp³-hybridized carbons (Fsp3) is 0.261. The van der Waals surface area contributed by atoms with Crippen molar-refractivity contribution in [3.05, 3.63) is 57.1 Å². The Bertz CT molecular complexity index is 1130. The number of imide groups is 2. The van der Waals surface area contributed by atoms with Crippen LogP contribution < -0.4 is 19.7 Å². The summed E-state index contributed by atoms with van der Waals surface area (Å²) >= 11 is 12.4. The van der Waals surface area contributed by atoms with E-state index in [4.69, 9.17) is 32.7 Å². The monoisotopic (exact) mass is 476 g/mol. The molecule has 32 heavy (non-hydrogen) atoms. The SMILES string of the molecule is CCOc1cc(/C=C2\C(=O)NC(=O)N(c3cc(Cl)ccc3C)C2=O)cc(Cl)c1OC(C)C. The highest BCUT2D eigenvalue weighted by atomic mass is 35.5. The maximum atomic E-state index is 13.2. The number of urea groups is 1. The van der Waals surface area contributed by atoms with E-state index in [1.165, 1.54) is 12.1 Å². The molecule has 0 atom stereocenters. The number of nitrogens with one attached hydrogen (secondary N) is 1. The third kappa shape index (κ3) is 4.89. The number of barbiturate groups is 1. The summed E-state index contributed by atoms with van der Waals surface area (Å²) in [6.45, 7) is 7.62. The lowest BCUT2D eigenvalue weighted by Gasteiger charge is -2.27. The van der Waals surface area contributed by atoms with Crippen LogP contribution in [0.15, 0.2) is 35.9 Å². The first-order chi connectivity index (χ1) is 15.1. The molecule has 2 aromatic carbocycles. The van der Waals surface area contributed by atoms with E-state index in [1.54, 1.807) is 31.2 Å². The van der Waals surface area contributed by atoms with Gasteiger partial charge in [0.2, 0.25) is 0 Å². The van der Waals surface area contributed by atoms with Gasteiger partial charge in [-0.25, -0.2) is 9.69 Å². The Hall–Kier alpha value is -3.03. The van der Waals surface area contributed by atoms with E-state index >= 15 is 0 Å². The van der Waals surface area contributed by atoms with Gasteiger partial charge in [-0.3, -0.25) is 14.9 Å². The fourth-order valence-electron chi connectivity index (χ4n) is 3.15. The maximum absolute atomic E-state index is 13.2. The number of carbonyl (C=O) groups excluding carboxylic acids is 3. The van der Waals surface area contributed by atoms with Crippen LogP contribution in [0.5, 0.6) is 11.5 Å². The van der Waals surface area contributed by atoms with Crippen LogP contribution >= 0.6 is 23.2 Å². The van der Waals surface area contributed by atoms with Gasteiger partial charge in [-0.2, -0.15) is 0 Å². The lowest BCUT2D eigenvalue weighted by Crippen LogP contribution is -2.54. The summed E-state index contributed by atoms with van der Waals surface area (Å²) in [5, 5.41) is 2.81. The van der Waals surface area contributed by atoms with Crippen LogP contribution in [0, 0.1) is 6.92 Å². The Morgan fingerprint density at radius 2 is 1.84 bits per heavy atom. The normalized spacial score (nSPS) is 15.4. The predicted molar refractivity (Wildman–Crippen MR) is 124 cm³/mol. The Kier molecular flexibility index (Phi) is 7.11. The first-order valence-electron chi connectivity index (χ1n) is 9.93. The van der Waals surface area contributed by atoms with E-state index in [1.807, 2.05) is 20.8 Å². The number of halogens is 2. The van der Waals surface area contributed by atoms with E-state index in [0.717, 1.165) is 4.90 Å². The lowest BCUT2D eigenvalue weighted by atomic mass is 10.1. The van der Waals surface area contributed by atoms with Crippen LogP contribution in [0.25, 0.3) is 6.08 Å². The van der Waals surface area contributed by atoms with Crippen LogP contribution in [0.4, 0.5) is 10.5 Å². The first kappa shape index (κ1) is 23.6. The van der Waals surface area contributed by atoms with Crippen molar-refractivity contribution >= 4 is 52.8 Å². The smallest absolute Gasteiger partial charge is 0.335 e. The van der Waals surface area contributed by atoms with Gasteiger partial charge >= 0.3 is 6.03 Å². The van der Waals surface area contributed by atoms with Gasteiger partial charge in [0.25, 0.3) is 11.8 Å². The number of anilines is 1. The topological polar surface area (TPSA) is 84.9 Å². The van der Waals surface area contributed by atoms with Crippen LogP contribution in [-0.2, 0) is 9.59 Å². The summed E-state index contributed by atoms with van der Waals surface area (Å²) in [6, 6.07) is 7.14. The molecule has 0 bridgehead atoms. The molecule has 1 aliphatic rings. The summed E-state index contributed by atoms with van der Waals surface area (Å²) in [4.78, 5) is 39.0. The molecule has 0 saturated carbocycles. The third-order valence-electron chi connectivity index (χ3n) is 4.51. The van der Waals surface area contributed by atoms with Crippen molar-refractivity contribution in [3.8, 4) is 11.5 Å². The number of ether oxygens (including phenoxy) is 2. The van der Waals surface area contributed by atoms with Crippen molar-refractivity contribution in [2.45, 2.75) is 33.8 Å². The number of hydrogen-bond donors (Lipinski definition) is 1. The molecule has 168 valence electrons. The minimum Gasteiger partial charge on any atom is -0.490 e. The highest BCUT2D eigenvalue weighted by Crippen LogP contribution is 2.38. The molecule has 7 nitrogen and oxygen atoms in total. The largest absolute Gasteiger partial charge is 0.490 e. The van der Waals surface area contributed by atoms with Crippen molar-refractivity contribution in [3.63, 3.8) is 0 Å². The Morgan fingerprint density at radius 1 is 1.12 bits per heavy atom. The van der Waals surface area contributed by atoms with Gasteiger partial charge in [-0.1, -0.05) is 29.3 Å². The van der Waals surface area contributed by atoms with Gasteiger partial charge in [0, 0.05) is 5.02 Å². The molecule has 1 aliphatic heterocycles. The molecule has 1 heterocycles. The molecule has 0 radical (unpaired) electrons. The Morgan fingerprint density at radius 3 is 2.50 bits per heavy atom. The molecule has 0 spiro atoms. The summed E-state index contributed by atoms with van der Waals surface area (Å²) in [5.41, 5.74) is 1.13. The highest BCUT2D eigenvalue weighted by Gasteiger charge is 2.37. The molecule has 3 rings (SSSR count). The van der Waals surface area contributed by atoms with Crippen LogP contribution in [0.3, 0.4) is 0 Å². The molecule has 0 aliphatic carbocycles. The number of carbonyl (C=O) groups is 3. The predicted octanol–water partition coefficient (Wildman–Crippen LogP) is 5.15. The second-order valence-electron chi connectivity index (χ2n) is 7.32. The molecule has 9 heteroatoms. The van der Waals surface area contributed by atoms with Gasteiger partial charge in [-0.05, 0) is 69.2 Å². The van der Waals surface area contributed by atoms with Crippen molar-refractivity contribution in [1.29, 1.82) is 0 Å². The number of benzene rings is 2. The van der Waals surface area contributed by atoms with Crippen molar-refractivity contribution in [2.24, 2.45) is 0 Å². The number of aryl methyl sites for hydroxylation is 1. The molecule has 0 aromatic heterocycles. The second-order valence-corrected chi connectivity index (χ2v) is 8.16. The number of amides is 4. The second kappa shape index (κ2) is 9.63. The molecular formula is C23H22Cl2N2O5. The van der Waals surface area contributed by atoms with Crippen LogP contribution in [-0.4, -0.2) is 30.6 Å². The quantitative estimate of drug-likeness (QED) is 0.459. The standard InChI is InChI=1S/C23H22Cl2N2O5/c1-5-31-19-10-14(9-17(25)20(19)32-12(2)3)8-16-21(28)26-23(30)27(22(16)29)18-11-15(24)7-6-13(18)4/h6-12H,5H2,1-4H3,(H,26,28,30)/b16-8+. The number of hydrogen-bond acceptors (Lipinski definition) is 5. The fourth-order valence-corrected chi connectivity index (χ4v) is 3.58. The summed E-state index contributed by atoms with van der Waals surface area (Å²) < 4.78 is 11.4. The third-order valence-corrected chi connectivity index (χ3v) is 5.03. The molecule has 1 N–H and O–H groups in total. The lowest BCUT2D eigenvalue weighted by molar-refractivity contribution is -0.122. The average Bonchev–Trinajstić information content (AvgIpc) is 2.70. The van der Waals surface area contributed by atoms with E-state index in [9.17, 15) is 14.4 Å². The van der Waals surface area contributed by atoms with Crippen LogP contribution in [0.2, 0.25) is 10.0 Å². The zero-order valence-electron chi connectivity index (χ0n) is 18.0. The van der Waals surface area contributed by atoms with Gasteiger partial charge in [0.05, 0.1) is 23.4 Å². The molecular weight excluding hydrogens is 455 g/mol. The van der Waals surface area contributed by atoms with Crippen molar-refractivity contribution in [2.75, 3.05) is 11.5 Å². The summed E-state index contributed by atoms with van der Waals surface area (Å²) in [6.07, 6.45) is 1.21. The summed E-state index contributed by atoms with van der Waals surface area (Å²) in [7, 11) is 0. The molecule has 1 saturated heterocycles. The molecule has 0 unspecified atom stereocenters. The van der Waals surface area contributed by atoms with Gasteiger partial charge in [0.1, 0.15) is 5.57 Å². The Labute approximate surface area is 195 Å². The number of nitrogens with zero attached hydrogens (tertiary/aromatic N) is 1. The minimum absolute atomic E-state index is 0.137. The van der Waals surface area contributed by atoms with E-state index in [0.29, 0.717) is 34.3 Å². The molecule has 1 fully saturated rings.